The molecule has 0 aromatic heterocycles. The Bertz CT molecular complexity index is 198. The maximum absolute atomic E-state index is 8.74. The molecule has 0 aromatic rings. The summed E-state index contributed by atoms with van der Waals surface area (Å²) < 4.78 is 0. The maximum atomic E-state index is 8.74. The van der Waals surface area contributed by atoms with Crippen LogP contribution in [0.2, 0.25) is 0 Å². The van der Waals surface area contributed by atoms with Gasteiger partial charge in [-0.15, -0.1) is 0 Å². The highest BCUT2D eigenvalue weighted by Gasteiger charge is 2.42. The van der Waals surface area contributed by atoms with Crippen molar-refractivity contribution in [3.8, 4) is 6.07 Å². The molecule has 0 saturated heterocycles. The molecule has 11 heavy (non-hydrogen) atoms. The Morgan fingerprint density at radius 3 is 2.73 bits per heavy atom. The molecular formula is C9H13NS. The lowest BCUT2D eigenvalue weighted by Crippen LogP contribution is -2.00. The number of nitriles is 1. The van der Waals surface area contributed by atoms with Crippen molar-refractivity contribution in [3.63, 3.8) is 0 Å². The summed E-state index contributed by atoms with van der Waals surface area (Å²) in [5.41, 5.74) is 1.25. The van der Waals surface area contributed by atoms with Gasteiger partial charge in [-0.25, -0.2) is 0 Å². The van der Waals surface area contributed by atoms with Gasteiger partial charge in [0.15, 0.2) is 0 Å². The zero-order valence-electron chi connectivity index (χ0n) is 6.89. The molecule has 60 valence electrons. The molecule has 1 saturated carbocycles. The van der Waals surface area contributed by atoms with Crippen molar-refractivity contribution in [3.05, 3.63) is 12.2 Å². The van der Waals surface area contributed by atoms with Crippen LogP contribution in [-0.2, 0) is 0 Å². The van der Waals surface area contributed by atoms with Gasteiger partial charge in [0, 0.05) is 11.5 Å². The van der Waals surface area contributed by atoms with Crippen LogP contribution >= 0.6 is 11.8 Å². The minimum Gasteiger partial charge on any atom is -0.198 e. The summed E-state index contributed by atoms with van der Waals surface area (Å²) in [6.45, 7) is 5.84. The lowest BCUT2D eigenvalue weighted by atomic mass is 10.2. The molecule has 1 aliphatic carbocycles. The Hall–Kier alpha value is -0.420. The van der Waals surface area contributed by atoms with Gasteiger partial charge in [0.1, 0.15) is 0 Å². The van der Waals surface area contributed by atoms with Gasteiger partial charge in [-0.1, -0.05) is 12.2 Å². The molecule has 0 radical (unpaired) electrons. The predicted octanol–water partition coefficient (Wildman–Crippen LogP) is 2.60. The Morgan fingerprint density at radius 1 is 1.73 bits per heavy atom. The molecule has 0 spiro atoms. The molecule has 1 rings (SSSR count). The Kier molecular flexibility index (Phi) is 2.62. The van der Waals surface area contributed by atoms with Crippen molar-refractivity contribution >= 4 is 11.8 Å². The van der Waals surface area contributed by atoms with Crippen molar-refractivity contribution in [2.75, 3.05) is 11.5 Å². The molecule has 1 aliphatic rings. The van der Waals surface area contributed by atoms with Crippen LogP contribution in [0, 0.1) is 16.7 Å². The van der Waals surface area contributed by atoms with E-state index in [0.29, 0.717) is 0 Å². The van der Waals surface area contributed by atoms with Crippen LogP contribution in [0.1, 0.15) is 19.8 Å². The van der Waals surface area contributed by atoms with Gasteiger partial charge in [-0.05, 0) is 19.8 Å². The molecule has 0 atom stereocenters. The normalized spacial score (nSPS) is 18.9. The van der Waals surface area contributed by atoms with E-state index in [2.05, 4.69) is 12.6 Å². The van der Waals surface area contributed by atoms with Gasteiger partial charge >= 0.3 is 0 Å². The zero-order chi connectivity index (χ0) is 8.32. The number of hydrogen-bond donors (Lipinski definition) is 0. The highest BCUT2D eigenvalue weighted by molar-refractivity contribution is 7.99. The topological polar surface area (TPSA) is 23.8 Å². The SMILES string of the molecule is C=C(C)CSCC1(C#N)CC1. The van der Waals surface area contributed by atoms with Crippen LogP contribution in [0.4, 0.5) is 0 Å². The van der Waals surface area contributed by atoms with E-state index in [1.165, 1.54) is 5.57 Å². The predicted molar refractivity (Wildman–Crippen MR) is 49.4 cm³/mol. The van der Waals surface area contributed by atoms with E-state index in [1.807, 2.05) is 18.7 Å². The maximum Gasteiger partial charge on any atom is 0.0698 e. The summed E-state index contributed by atoms with van der Waals surface area (Å²) in [6.07, 6.45) is 2.21. The monoisotopic (exact) mass is 167 g/mol. The van der Waals surface area contributed by atoms with Gasteiger partial charge in [-0.2, -0.15) is 17.0 Å². The second-order valence-electron chi connectivity index (χ2n) is 3.34. The first kappa shape index (κ1) is 8.67. The second-order valence-corrected chi connectivity index (χ2v) is 4.33. The average molecular weight is 167 g/mol. The van der Waals surface area contributed by atoms with Gasteiger partial charge in [0.05, 0.1) is 11.5 Å². The van der Waals surface area contributed by atoms with E-state index < -0.39 is 0 Å². The largest absolute Gasteiger partial charge is 0.198 e. The van der Waals surface area contributed by atoms with Crippen LogP contribution in [0.15, 0.2) is 12.2 Å². The summed E-state index contributed by atoms with van der Waals surface area (Å²) in [7, 11) is 0. The molecular weight excluding hydrogens is 154 g/mol. The average Bonchev–Trinajstić information content (AvgIpc) is 2.69. The molecule has 0 aliphatic heterocycles. The first-order valence-corrected chi connectivity index (χ1v) is 4.97. The van der Waals surface area contributed by atoms with Gasteiger partial charge < -0.3 is 0 Å². The number of thioether (sulfide) groups is 1. The van der Waals surface area contributed by atoms with Crippen LogP contribution in [-0.4, -0.2) is 11.5 Å². The van der Waals surface area contributed by atoms with E-state index >= 15 is 0 Å². The molecule has 0 N–H and O–H groups in total. The molecule has 2 heteroatoms. The highest BCUT2D eigenvalue weighted by atomic mass is 32.2. The Balaban J connectivity index is 2.14. The van der Waals surface area contributed by atoms with Crippen LogP contribution in [0.5, 0.6) is 0 Å². The fraction of sp³-hybridized carbons (Fsp3) is 0.667. The van der Waals surface area contributed by atoms with Gasteiger partial charge in [-0.3, -0.25) is 0 Å². The van der Waals surface area contributed by atoms with Gasteiger partial charge in [0.25, 0.3) is 0 Å². The summed E-state index contributed by atoms with van der Waals surface area (Å²) in [5, 5.41) is 8.74. The first-order chi connectivity index (χ1) is 5.18. The van der Waals surface area contributed by atoms with Crippen molar-refractivity contribution in [1.29, 1.82) is 5.26 Å². The summed E-state index contributed by atoms with van der Waals surface area (Å²) in [6, 6.07) is 2.38. The smallest absolute Gasteiger partial charge is 0.0698 e. The lowest BCUT2D eigenvalue weighted by molar-refractivity contribution is 0.783. The standard InChI is InChI=1S/C9H13NS/c1-8(2)5-11-7-9(6-10)3-4-9/h1,3-5,7H2,2H3. The Labute approximate surface area is 72.5 Å². The van der Waals surface area contributed by atoms with E-state index in [0.717, 1.165) is 24.3 Å². The third-order valence-corrected chi connectivity index (χ3v) is 3.27. The number of hydrogen-bond acceptors (Lipinski definition) is 2. The minimum atomic E-state index is 0.0557. The van der Waals surface area contributed by atoms with Crippen molar-refractivity contribution in [1.82, 2.24) is 0 Å². The molecule has 0 unspecified atom stereocenters. The summed E-state index contributed by atoms with van der Waals surface area (Å²) in [5.74, 6) is 2.00. The van der Waals surface area contributed by atoms with E-state index in [4.69, 9.17) is 5.26 Å². The first-order valence-electron chi connectivity index (χ1n) is 3.82. The molecule has 1 nitrogen and oxygen atoms in total. The van der Waals surface area contributed by atoms with E-state index in [9.17, 15) is 0 Å². The number of nitrogens with zero attached hydrogens (tertiary/aromatic N) is 1. The van der Waals surface area contributed by atoms with Crippen LogP contribution in [0.25, 0.3) is 0 Å². The summed E-state index contributed by atoms with van der Waals surface area (Å²) >= 11 is 1.83. The fourth-order valence-electron chi connectivity index (χ4n) is 0.860. The third kappa shape index (κ3) is 2.59. The zero-order valence-corrected chi connectivity index (χ0v) is 7.71. The lowest BCUT2D eigenvalue weighted by Gasteiger charge is -2.03. The molecule has 0 aromatic carbocycles. The highest BCUT2D eigenvalue weighted by Crippen LogP contribution is 2.47. The third-order valence-electron chi connectivity index (χ3n) is 1.82. The molecule has 1 fully saturated rings. The minimum absolute atomic E-state index is 0.0557. The molecule has 0 heterocycles. The fourth-order valence-corrected chi connectivity index (χ4v) is 2.05. The van der Waals surface area contributed by atoms with E-state index in [-0.39, 0.29) is 5.41 Å². The van der Waals surface area contributed by atoms with Crippen molar-refractivity contribution < 1.29 is 0 Å². The molecule has 0 amide bonds. The van der Waals surface area contributed by atoms with Gasteiger partial charge in [0.2, 0.25) is 0 Å². The number of rotatable bonds is 4. The molecule has 0 bridgehead atoms. The quantitative estimate of drug-likeness (QED) is 0.601. The van der Waals surface area contributed by atoms with E-state index in [1.54, 1.807) is 0 Å². The van der Waals surface area contributed by atoms with Crippen LogP contribution in [0.3, 0.4) is 0 Å². The Morgan fingerprint density at radius 2 is 2.36 bits per heavy atom. The van der Waals surface area contributed by atoms with Crippen molar-refractivity contribution in [2.45, 2.75) is 19.8 Å². The summed E-state index contributed by atoms with van der Waals surface area (Å²) in [4.78, 5) is 0. The second kappa shape index (κ2) is 3.32. The van der Waals surface area contributed by atoms with Crippen molar-refractivity contribution in [2.24, 2.45) is 5.41 Å². The van der Waals surface area contributed by atoms with Crippen LogP contribution < -0.4 is 0 Å².